The van der Waals surface area contributed by atoms with E-state index in [4.69, 9.17) is 9.15 Å². The van der Waals surface area contributed by atoms with E-state index in [1.54, 1.807) is 35.6 Å². The predicted molar refractivity (Wildman–Crippen MR) is 100.0 cm³/mol. The van der Waals surface area contributed by atoms with E-state index in [0.717, 1.165) is 17.0 Å². The molecule has 0 aliphatic carbocycles. The molecule has 0 N–H and O–H groups in total. The fourth-order valence-corrected chi connectivity index (χ4v) is 3.66. The molecular formula is C18H16N6O3S. The third kappa shape index (κ3) is 3.67. The SMILES string of the molecule is CCc1sc(-c2nnc(COC(=O)c3ccc(-n4cnnn4)cc3)o2)cc1C. The molecule has 0 spiro atoms. The zero-order valence-corrected chi connectivity index (χ0v) is 16.0. The van der Waals surface area contributed by atoms with Crippen molar-refractivity contribution in [1.29, 1.82) is 0 Å². The highest BCUT2D eigenvalue weighted by Gasteiger charge is 2.15. The lowest BCUT2D eigenvalue weighted by Gasteiger charge is -2.03. The van der Waals surface area contributed by atoms with E-state index in [2.05, 4.69) is 39.6 Å². The van der Waals surface area contributed by atoms with Crippen LogP contribution in [-0.4, -0.2) is 36.4 Å². The molecule has 28 heavy (non-hydrogen) atoms. The fourth-order valence-electron chi connectivity index (χ4n) is 2.63. The van der Waals surface area contributed by atoms with Gasteiger partial charge < -0.3 is 9.15 Å². The standard InChI is InChI=1S/C18H16N6O3S/c1-3-14-11(2)8-15(28-14)17-21-20-16(27-17)9-26-18(25)12-4-6-13(7-5-12)24-10-19-22-23-24/h4-8,10H,3,9H2,1-2H3. The molecule has 0 aliphatic rings. The number of ether oxygens (including phenoxy) is 1. The lowest BCUT2D eigenvalue weighted by molar-refractivity contribution is 0.0438. The lowest BCUT2D eigenvalue weighted by atomic mass is 10.2. The van der Waals surface area contributed by atoms with E-state index >= 15 is 0 Å². The van der Waals surface area contributed by atoms with E-state index in [1.165, 1.54) is 21.4 Å². The number of carbonyl (C=O) groups is 1. The van der Waals surface area contributed by atoms with E-state index in [0.29, 0.717) is 11.5 Å². The van der Waals surface area contributed by atoms with Crippen molar-refractivity contribution in [2.45, 2.75) is 26.9 Å². The van der Waals surface area contributed by atoms with Crippen LogP contribution < -0.4 is 0 Å². The second-order valence-corrected chi connectivity index (χ2v) is 7.09. The van der Waals surface area contributed by atoms with E-state index in [-0.39, 0.29) is 12.5 Å². The first-order chi connectivity index (χ1) is 13.6. The Morgan fingerprint density at radius 2 is 2.07 bits per heavy atom. The van der Waals surface area contributed by atoms with Gasteiger partial charge in [-0.25, -0.2) is 9.48 Å². The molecular weight excluding hydrogens is 380 g/mol. The van der Waals surface area contributed by atoms with Crippen LogP contribution in [0.25, 0.3) is 16.5 Å². The summed E-state index contributed by atoms with van der Waals surface area (Å²) < 4.78 is 12.4. The molecule has 0 bridgehead atoms. The number of rotatable bonds is 6. The second kappa shape index (κ2) is 7.69. The minimum atomic E-state index is -0.483. The summed E-state index contributed by atoms with van der Waals surface area (Å²) >= 11 is 1.63. The van der Waals surface area contributed by atoms with Gasteiger partial charge in [0.1, 0.15) is 6.33 Å². The summed E-state index contributed by atoms with van der Waals surface area (Å²) in [5, 5.41) is 18.9. The molecule has 0 unspecified atom stereocenters. The molecule has 4 aromatic rings. The van der Waals surface area contributed by atoms with Crippen molar-refractivity contribution in [3.63, 3.8) is 0 Å². The van der Waals surface area contributed by atoms with Gasteiger partial charge in [0.05, 0.1) is 16.1 Å². The predicted octanol–water partition coefficient (Wildman–Crippen LogP) is 3.00. The van der Waals surface area contributed by atoms with Crippen molar-refractivity contribution in [2.75, 3.05) is 0 Å². The Morgan fingerprint density at radius 3 is 2.75 bits per heavy atom. The van der Waals surface area contributed by atoms with Crippen LogP contribution in [0.5, 0.6) is 0 Å². The fraction of sp³-hybridized carbons (Fsp3) is 0.222. The number of hydrogen-bond acceptors (Lipinski definition) is 9. The molecule has 4 rings (SSSR count). The first-order valence-corrected chi connectivity index (χ1v) is 9.38. The topological polar surface area (TPSA) is 109 Å². The van der Waals surface area contributed by atoms with E-state index < -0.39 is 5.97 Å². The van der Waals surface area contributed by atoms with Crippen molar-refractivity contribution in [2.24, 2.45) is 0 Å². The first kappa shape index (κ1) is 18.0. The molecule has 0 saturated heterocycles. The van der Waals surface area contributed by atoms with Crippen molar-refractivity contribution in [3.8, 4) is 16.5 Å². The molecule has 0 atom stereocenters. The monoisotopic (exact) mass is 396 g/mol. The number of esters is 1. The molecule has 0 fully saturated rings. The maximum absolute atomic E-state index is 12.2. The van der Waals surface area contributed by atoms with Gasteiger partial charge in [0, 0.05) is 4.88 Å². The van der Waals surface area contributed by atoms with Crippen LogP contribution in [0.15, 0.2) is 41.1 Å². The van der Waals surface area contributed by atoms with E-state index in [9.17, 15) is 4.79 Å². The van der Waals surface area contributed by atoms with Gasteiger partial charge in [0.2, 0.25) is 0 Å². The molecule has 9 nitrogen and oxygen atoms in total. The van der Waals surface area contributed by atoms with Crippen molar-refractivity contribution in [1.82, 2.24) is 30.4 Å². The summed E-state index contributed by atoms with van der Waals surface area (Å²) in [5.41, 5.74) is 2.35. The zero-order chi connectivity index (χ0) is 19.5. The molecule has 142 valence electrons. The summed E-state index contributed by atoms with van der Waals surface area (Å²) in [4.78, 5) is 14.4. The van der Waals surface area contributed by atoms with Gasteiger partial charge in [0.25, 0.3) is 11.8 Å². The van der Waals surface area contributed by atoms with Crippen molar-refractivity contribution >= 4 is 17.3 Å². The smallest absolute Gasteiger partial charge is 0.338 e. The molecule has 0 radical (unpaired) electrons. The van der Waals surface area contributed by atoms with Crippen LogP contribution in [0, 0.1) is 6.92 Å². The number of aryl methyl sites for hydroxylation is 2. The highest BCUT2D eigenvalue weighted by Crippen LogP contribution is 2.30. The Hall–Kier alpha value is -3.40. The summed E-state index contributed by atoms with van der Waals surface area (Å²) in [7, 11) is 0. The molecule has 3 heterocycles. The second-order valence-electron chi connectivity index (χ2n) is 5.95. The van der Waals surface area contributed by atoms with Gasteiger partial charge in [-0.3, -0.25) is 0 Å². The highest BCUT2D eigenvalue weighted by atomic mass is 32.1. The van der Waals surface area contributed by atoms with Crippen LogP contribution in [0.1, 0.15) is 33.6 Å². The molecule has 10 heteroatoms. The number of aromatic nitrogens is 6. The van der Waals surface area contributed by atoms with Gasteiger partial charge in [-0.2, -0.15) is 0 Å². The molecule has 0 saturated carbocycles. The summed E-state index contributed by atoms with van der Waals surface area (Å²) in [6.45, 7) is 4.07. The average Bonchev–Trinajstić information content (AvgIpc) is 3.46. The maximum atomic E-state index is 12.2. The van der Waals surface area contributed by atoms with Crippen LogP contribution in [0.2, 0.25) is 0 Å². The Kier molecular flexibility index (Phi) is 4.94. The third-order valence-electron chi connectivity index (χ3n) is 4.06. The molecule has 0 aliphatic heterocycles. The van der Waals surface area contributed by atoms with Crippen LogP contribution in [-0.2, 0) is 17.8 Å². The Labute approximate surface area is 164 Å². The summed E-state index contributed by atoms with van der Waals surface area (Å²) in [6.07, 6.45) is 2.43. The van der Waals surface area contributed by atoms with Crippen LogP contribution in [0.3, 0.4) is 0 Å². The third-order valence-corrected chi connectivity index (χ3v) is 5.43. The number of carbonyl (C=O) groups excluding carboxylic acids is 1. The highest BCUT2D eigenvalue weighted by molar-refractivity contribution is 7.15. The normalized spacial score (nSPS) is 10.9. The maximum Gasteiger partial charge on any atom is 0.338 e. The van der Waals surface area contributed by atoms with Crippen molar-refractivity contribution < 1.29 is 13.9 Å². The Balaban J connectivity index is 1.39. The number of tetrazole rings is 1. The van der Waals surface area contributed by atoms with Gasteiger partial charge in [0.15, 0.2) is 6.61 Å². The number of nitrogens with zero attached hydrogens (tertiary/aromatic N) is 6. The number of hydrogen-bond donors (Lipinski definition) is 0. The van der Waals surface area contributed by atoms with Gasteiger partial charge in [-0.05, 0) is 59.7 Å². The van der Waals surface area contributed by atoms with Gasteiger partial charge >= 0.3 is 5.97 Å². The lowest BCUT2D eigenvalue weighted by Crippen LogP contribution is -2.06. The van der Waals surface area contributed by atoms with Gasteiger partial charge in [-0.1, -0.05) is 6.92 Å². The van der Waals surface area contributed by atoms with Crippen LogP contribution in [0.4, 0.5) is 0 Å². The quantitative estimate of drug-likeness (QED) is 0.458. The van der Waals surface area contributed by atoms with Gasteiger partial charge in [-0.15, -0.1) is 26.6 Å². The van der Waals surface area contributed by atoms with Crippen LogP contribution >= 0.6 is 11.3 Å². The zero-order valence-electron chi connectivity index (χ0n) is 15.2. The van der Waals surface area contributed by atoms with E-state index in [1.807, 2.05) is 6.07 Å². The Morgan fingerprint density at radius 1 is 1.25 bits per heavy atom. The molecule has 1 aromatic carbocycles. The average molecular weight is 396 g/mol. The number of thiophene rings is 1. The summed E-state index contributed by atoms with van der Waals surface area (Å²) in [5.74, 6) is 0.200. The number of benzene rings is 1. The summed E-state index contributed by atoms with van der Waals surface area (Å²) in [6, 6.07) is 8.75. The molecule has 3 aromatic heterocycles. The van der Waals surface area contributed by atoms with Crippen molar-refractivity contribution in [3.05, 3.63) is 58.6 Å². The first-order valence-electron chi connectivity index (χ1n) is 8.56. The Bertz CT molecular complexity index is 1090. The molecule has 0 amide bonds. The largest absolute Gasteiger partial charge is 0.452 e. The minimum absolute atomic E-state index is 0.0917. The minimum Gasteiger partial charge on any atom is -0.452 e.